The van der Waals surface area contributed by atoms with Gasteiger partial charge in [0.25, 0.3) is 5.91 Å². The van der Waals surface area contributed by atoms with E-state index in [2.05, 4.69) is 29.5 Å². The lowest BCUT2D eigenvalue weighted by atomic mass is 9.64. The predicted molar refractivity (Wildman–Crippen MR) is 124 cm³/mol. The van der Waals surface area contributed by atoms with Crippen molar-refractivity contribution in [1.82, 2.24) is 15.5 Å². The Kier molecular flexibility index (Phi) is 9.56. The second-order valence-corrected chi connectivity index (χ2v) is 8.13. The molecular formula is C21H35IN4O. The Bertz CT molecular complexity index is 622. The second kappa shape index (κ2) is 10.9. The first-order valence-corrected chi connectivity index (χ1v) is 9.60. The largest absolute Gasteiger partial charge is 0.356 e. The highest BCUT2D eigenvalue weighted by Gasteiger charge is 2.37. The van der Waals surface area contributed by atoms with Crippen molar-refractivity contribution in [3.8, 4) is 0 Å². The molecule has 1 aliphatic rings. The number of hydrogen-bond donors (Lipinski definition) is 2. The summed E-state index contributed by atoms with van der Waals surface area (Å²) in [6.07, 6.45) is 5.25. The summed E-state index contributed by atoms with van der Waals surface area (Å²) in [5.41, 5.74) is 2.28. The van der Waals surface area contributed by atoms with Crippen LogP contribution in [-0.2, 0) is 6.54 Å². The standard InChI is InChI=1S/C21H34N4O.HI/c1-16(2)13-21(11-6-12-21)15-24-20(22-3)23-14-17-7-9-18(10-8-17)19(26)25(4)5;/h7-10,16H,6,11-15H2,1-5H3,(H2,22,23,24);1H. The predicted octanol–water partition coefficient (Wildman–Crippen LogP) is 3.89. The van der Waals surface area contributed by atoms with E-state index in [4.69, 9.17) is 0 Å². The molecule has 27 heavy (non-hydrogen) atoms. The molecule has 6 heteroatoms. The third kappa shape index (κ3) is 6.97. The molecule has 1 aromatic carbocycles. The molecule has 1 amide bonds. The maximum Gasteiger partial charge on any atom is 0.253 e. The van der Waals surface area contributed by atoms with E-state index in [9.17, 15) is 4.79 Å². The Morgan fingerprint density at radius 2 is 1.81 bits per heavy atom. The lowest BCUT2D eigenvalue weighted by Gasteiger charge is -2.43. The first-order chi connectivity index (χ1) is 12.3. The SMILES string of the molecule is CN=C(NCc1ccc(C(=O)N(C)C)cc1)NCC1(CC(C)C)CCC1.I. The molecule has 0 spiro atoms. The van der Waals surface area contributed by atoms with Gasteiger partial charge in [-0.2, -0.15) is 0 Å². The topological polar surface area (TPSA) is 56.7 Å². The fourth-order valence-corrected chi connectivity index (χ4v) is 3.70. The lowest BCUT2D eigenvalue weighted by Crippen LogP contribution is -2.46. The van der Waals surface area contributed by atoms with E-state index >= 15 is 0 Å². The molecule has 0 aliphatic heterocycles. The highest BCUT2D eigenvalue weighted by molar-refractivity contribution is 14.0. The van der Waals surface area contributed by atoms with E-state index in [-0.39, 0.29) is 29.9 Å². The summed E-state index contributed by atoms with van der Waals surface area (Å²) in [6.45, 7) is 6.28. The zero-order valence-corrected chi connectivity index (χ0v) is 19.7. The fraction of sp³-hybridized carbons (Fsp3) is 0.619. The molecule has 1 aromatic rings. The number of guanidine groups is 1. The Labute approximate surface area is 181 Å². The third-order valence-corrected chi connectivity index (χ3v) is 5.18. The highest BCUT2D eigenvalue weighted by Crippen LogP contribution is 2.45. The summed E-state index contributed by atoms with van der Waals surface area (Å²) in [6, 6.07) is 7.73. The van der Waals surface area contributed by atoms with Gasteiger partial charge in [-0.3, -0.25) is 9.79 Å². The van der Waals surface area contributed by atoms with E-state index < -0.39 is 0 Å². The van der Waals surface area contributed by atoms with Crippen LogP contribution in [0.2, 0.25) is 0 Å². The van der Waals surface area contributed by atoms with Crippen molar-refractivity contribution in [2.75, 3.05) is 27.7 Å². The van der Waals surface area contributed by atoms with E-state index in [1.807, 2.05) is 31.3 Å². The molecule has 2 rings (SSSR count). The minimum Gasteiger partial charge on any atom is -0.356 e. The van der Waals surface area contributed by atoms with Crippen LogP contribution in [0.1, 0.15) is 55.5 Å². The zero-order chi connectivity index (χ0) is 19.2. The summed E-state index contributed by atoms with van der Waals surface area (Å²) in [7, 11) is 5.34. The summed E-state index contributed by atoms with van der Waals surface area (Å²) in [5, 5.41) is 6.89. The maximum atomic E-state index is 11.9. The normalized spacial score (nSPS) is 15.6. The van der Waals surface area contributed by atoms with Gasteiger partial charge >= 0.3 is 0 Å². The molecular weight excluding hydrogens is 451 g/mol. The van der Waals surface area contributed by atoms with Gasteiger partial charge in [0.05, 0.1) is 0 Å². The number of carbonyl (C=O) groups is 1. The smallest absolute Gasteiger partial charge is 0.253 e. The molecule has 0 heterocycles. The molecule has 0 unspecified atom stereocenters. The Balaban J connectivity index is 0.00000364. The molecule has 5 nitrogen and oxygen atoms in total. The molecule has 0 saturated heterocycles. The molecule has 2 N–H and O–H groups in total. The van der Waals surface area contributed by atoms with Gasteiger partial charge in [0.2, 0.25) is 0 Å². The number of nitrogens with one attached hydrogen (secondary N) is 2. The van der Waals surface area contributed by atoms with E-state index in [1.165, 1.54) is 25.7 Å². The molecule has 0 radical (unpaired) electrons. The molecule has 1 aliphatic carbocycles. The number of hydrogen-bond acceptors (Lipinski definition) is 2. The monoisotopic (exact) mass is 486 g/mol. The van der Waals surface area contributed by atoms with E-state index in [0.29, 0.717) is 17.5 Å². The summed E-state index contributed by atoms with van der Waals surface area (Å²) in [5.74, 6) is 1.60. The molecule has 0 atom stereocenters. The van der Waals surface area contributed by atoms with Crippen LogP contribution in [0, 0.1) is 11.3 Å². The second-order valence-electron chi connectivity index (χ2n) is 8.13. The summed E-state index contributed by atoms with van der Waals surface area (Å²) in [4.78, 5) is 17.9. The Morgan fingerprint density at radius 3 is 2.26 bits per heavy atom. The van der Waals surface area contributed by atoms with Crippen LogP contribution in [0.15, 0.2) is 29.3 Å². The van der Waals surface area contributed by atoms with Crippen molar-refractivity contribution < 1.29 is 4.79 Å². The van der Waals surface area contributed by atoms with Crippen molar-refractivity contribution in [2.45, 2.75) is 46.1 Å². The molecule has 152 valence electrons. The van der Waals surface area contributed by atoms with Crippen LogP contribution >= 0.6 is 24.0 Å². The summed E-state index contributed by atoms with van der Waals surface area (Å²) >= 11 is 0. The third-order valence-electron chi connectivity index (χ3n) is 5.18. The van der Waals surface area contributed by atoms with Crippen molar-refractivity contribution in [3.63, 3.8) is 0 Å². The van der Waals surface area contributed by atoms with Gasteiger partial charge in [0, 0.05) is 39.8 Å². The van der Waals surface area contributed by atoms with Gasteiger partial charge in [-0.05, 0) is 48.3 Å². The maximum absolute atomic E-state index is 11.9. The molecule has 0 aromatic heterocycles. The Morgan fingerprint density at radius 1 is 1.19 bits per heavy atom. The van der Waals surface area contributed by atoms with Crippen LogP contribution in [0.4, 0.5) is 0 Å². The number of rotatable bonds is 7. The van der Waals surface area contributed by atoms with Crippen LogP contribution in [0.3, 0.4) is 0 Å². The van der Waals surface area contributed by atoms with Crippen LogP contribution in [-0.4, -0.2) is 44.5 Å². The summed E-state index contributed by atoms with van der Waals surface area (Å²) < 4.78 is 0. The van der Waals surface area contributed by atoms with Crippen molar-refractivity contribution >= 4 is 35.8 Å². The average molecular weight is 486 g/mol. The lowest BCUT2D eigenvalue weighted by molar-refractivity contribution is 0.0827. The minimum absolute atomic E-state index is 0. The van der Waals surface area contributed by atoms with Gasteiger partial charge in [0.15, 0.2) is 5.96 Å². The van der Waals surface area contributed by atoms with Gasteiger partial charge in [-0.25, -0.2) is 0 Å². The van der Waals surface area contributed by atoms with Crippen molar-refractivity contribution in [3.05, 3.63) is 35.4 Å². The van der Waals surface area contributed by atoms with Crippen LogP contribution in [0.5, 0.6) is 0 Å². The van der Waals surface area contributed by atoms with Crippen LogP contribution < -0.4 is 10.6 Å². The van der Waals surface area contributed by atoms with Gasteiger partial charge in [-0.1, -0.05) is 32.4 Å². The van der Waals surface area contributed by atoms with Crippen molar-refractivity contribution in [1.29, 1.82) is 0 Å². The van der Waals surface area contributed by atoms with Gasteiger partial charge in [0.1, 0.15) is 0 Å². The average Bonchev–Trinajstić information content (AvgIpc) is 2.58. The number of halogens is 1. The van der Waals surface area contributed by atoms with E-state index in [1.54, 1.807) is 19.0 Å². The minimum atomic E-state index is 0. The van der Waals surface area contributed by atoms with Crippen LogP contribution in [0.25, 0.3) is 0 Å². The first-order valence-electron chi connectivity index (χ1n) is 9.60. The number of amides is 1. The number of benzene rings is 1. The molecule has 1 fully saturated rings. The van der Waals surface area contributed by atoms with Gasteiger partial charge in [-0.15, -0.1) is 24.0 Å². The van der Waals surface area contributed by atoms with E-state index in [0.717, 1.165) is 24.0 Å². The number of aliphatic imine (C=N–C) groups is 1. The Hall–Kier alpha value is -1.31. The first kappa shape index (κ1) is 23.7. The molecule has 0 bridgehead atoms. The van der Waals surface area contributed by atoms with Gasteiger partial charge < -0.3 is 15.5 Å². The zero-order valence-electron chi connectivity index (χ0n) is 17.3. The number of carbonyl (C=O) groups excluding carboxylic acids is 1. The molecule has 1 saturated carbocycles. The number of nitrogens with zero attached hydrogens (tertiary/aromatic N) is 2. The highest BCUT2D eigenvalue weighted by atomic mass is 127. The van der Waals surface area contributed by atoms with Crippen molar-refractivity contribution in [2.24, 2.45) is 16.3 Å². The quantitative estimate of drug-likeness (QED) is 0.350. The fourth-order valence-electron chi connectivity index (χ4n) is 3.70.